The highest BCUT2D eigenvalue weighted by atomic mass is 32.1. The molecule has 1 N–H and O–H groups in total. The third kappa shape index (κ3) is 3.98. The Balaban J connectivity index is 1.51. The number of alkyl halides is 3. The largest absolute Gasteiger partial charge is 0.457 e. The van der Waals surface area contributed by atoms with Gasteiger partial charge in [-0.05, 0) is 55.5 Å². The predicted octanol–water partition coefficient (Wildman–Crippen LogP) is 6.21. The zero-order valence-corrected chi connectivity index (χ0v) is 17.9. The number of nitriles is 1. The quantitative estimate of drug-likeness (QED) is 0.363. The number of aromatic amines is 1. The van der Waals surface area contributed by atoms with E-state index < -0.39 is 11.7 Å². The van der Waals surface area contributed by atoms with Crippen LogP contribution in [0.3, 0.4) is 0 Å². The zero-order chi connectivity index (χ0) is 23.2. The van der Waals surface area contributed by atoms with Crippen LogP contribution in [0.15, 0.2) is 45.6 Å². The van der Waals surface area contributed by atoms with Crippen LogP contribution in [0.25, 0.3) is 33.2 Å². The number of halogens is 3. The van der Waals surface area contributed by atoms with Crippen molar-refractivity contribution < 1.29 is 17.6 Å². The van der Waals surface area contributed by atoms with Crippen molar-refractivity contribution in [1.82, 2.24) is 9.97 Å². The van der Waals surface area contributed by atoms with Crippen molar-refractivity contribution >= 4 is 33.2 Å². The summed E-state index contributed by atoms with van der Waals surface area (Å²) in [4.78, 5) is 21.8. The molecule has 9 heteroatoms. The first-order valence-corrected chi connectivity index (χ1v) is 11.1. The van der Waals surface area contributed by atoms with Crippen LogP contribution in [0.5, 0.6) is 0 Å². The number of rotatable bonds is 3. The van der Waals surface area contributed by atoms with Crippen LogP contribution < -0.4 is 5.56 Å². The van der Waals surface area contributed by atoms with E-state index >= 15 is 0 Å². The molecule has 0 radical (unpaired) electrons. The molecule has 3 aromatic heterocycles. The van der Waals surface area contributed by atoms with E-state index in [1.807, 2.05) is 6.07 Å². The molecule has 4 aromatic rings. The van der Waals surface area contributed by atoms with Gasteiger partial charge in [0.05, 0.1) is 16.5 Å². The molecule has 3 heterocycles. The molecular weight excluding hydrogens is 451 g/mol. The molecule has 5 nitrogen and oxygen atoms in total. The first-order chi connectivity index (χ1) is 15.8. The first-order valence-electron chi connectivity index (χ1n) is 10.3. The molecular formula is C24H16F3N3O2S. The van der Waals surface area contributed by atoms with Gasteiger partial charge >= 0.3 is 6.18 Å². The van der Waals surface area contributed by atoms with Gasteiger partial charge in [0.15, 0.2) is 5.82 Å². The minimum atomic E-state index is -4.46. The molecule has 0 atom stereocenters. The second-order valence-corrected chi connectivity index (χ2v) is 8.84. The SMILES string of the molecule is N#CC(=Cc1ccc(-c2cccc(C(F)(F)F)c2)o1)c1nc2sc3c(c2c(=O)[nH]1)CCCC3. The number of aromatic nitrogens is 2. The number of nitrogens with zero attached hydrogens (tertiary/aromatic N) is 2. The van der Waals surface area contributed by atoms with Crippen molar-refractivity contribution in [3.05, 3.63) is 74.3 Å². The van der Waals surface area contributed by atoms with Crippen molar-refractivity contribution in [3.63, 3.8) is 0 Å². The Labute approximate surface area is 189 Å². The Morgan fingerprint density at radius 1 is 1.21 bits per heavy atom. The Kier molecular flexibility index (Phi) is 5.17. The number of hydrogen-bond acceptors (Lipinski definition) is 5. The minimum absolute atomic E-state index is 0.0883. The first kappa shape index (κ1) is 21.2. The van der Waals surface area contributed by atoms with Gasteiger partial charge in [-0.1, -0.05) is 12.1 Å². The molecule has 0 unspecified atom stereocenters. The van der Waals surface area contributed by atoms with Gasteiger partial charge in [-0.25, -0.2) is 4.98 Å². The predicted molar refractivity (Wildman–Crippen MR) is 120 cm³/mol. The van der Waals surface area contributed by atoms with Crippen molar-refractivity contribution in [3.8, 4) is 17.4 Å². The summed E-state index contributed by atoms with van der Waals surface area (Å²) in [6.45, 7) is 0. The van der Waals surface area contributed by atoms with E-state index in [2.05, 4.69) is 9.97 Å². The maximum absolute atomic E-state index is 13.0. The molecule has 166 valence electrons. The van der Waals surface area contributed by atoms with Crippen LogP contribution in [-0.2, 0) is 19.0 Å². The summed E-state index contributed by atoms with van der Waals surface area (Å²) in [6.07, 6.45) is 0.851. The monoisotopic (exact) mass is 467 g/mol. The van der Waals surface area contributed by atoms with Gasteiger partial charge in [-0.15, -0.1) is 11.3 Å². The fourth-order valence-electron chi connectivity index (χ4n) is 4.02. The Bertz CT molecular complexity index is 1500. The lowest BCUT2D eigenvalue weighted by Crippen LogP contribution is -2.12. The van der Waals surface area contributed by atoms with Crippen LogP contribution >= 0.6 is 11.3 Å². The van der Waals surface area contributed by atoms with Gasteiger partial charge in [0, 0.05) is 16.5 Å². The molecule has 1 aromatic carbocycles. The maximum atomic E-state index is 13.0. The lowest BCUT2D eigenvalue weighted by molar-refractivity contribution is -0.137. The Morgan fingerprint density at radius 3 is 2.82 bits per heavy atom. The van der Waals surface area contributed by atoms with Gasteiger partial charge < -0.3 is 9.40 Å². The van der Waals surface area contributed by atoms with E-state index in [9.17, 15) is 23.2 Å². The number of furan rings is 1. The number of hydrogen-bond donors (Lipinski definition) is 1. The summed E-state index contributed by atoms with van der Waals surface area (Å²) < 4.78 is 44.7. The second-order valence-electron chi connectivity index (χ2n) is 7.76. The van der Waals surface area contributed by atoms with E-state index in [-0.39, 0.29) is 34.0 Å². The minimum Gasteiger partial charge on any atom is -0.457 e. The molecule has 33 heavy (non-hydrogen) atoms. The molecule has 0 fully saturated rings. The molecule has 1 aliphatic carbocycles. The third-order valence-corrected chi connectivity index (χ3v) is 6.77. The average molecular weight is 467 g/mol. The van der Waals surface area contributed by atoms with E-state index in [1.165, 1.54) is 40.5 Å². The molecule has 5 rings (SSSR count). The van der Waals surface area contributed by atoms with E-state index in [1.54, 1.807) is 6.07 Å². The highest BCUT2D eigenvalue weighted by molar-refractivity contribution is 7.18. The van der Waals surface area contributed by atoms with Crippen LogP contribution in [0, 0.1) is 11.3 Å². The van der Waals surface area contributed by atoms with Gasteiger partial charge in [-0.3, -0.25) is 4.79 Å². The lowest BCUT2D eigenvalue weighted by Gasteiger charge is -2.09. The summed E-state index contributed by atoms with van der Waals surface area (Å²) in [5.41, 5.74) is 0.353. The lowest BCUT2D eigenvalue weighted by atomic mass is 9.97. The molecule has 0 saturated carbocycles. The van der Waals surface area contributed by atoms with Crippen LogP contribution in [0.1, 0.15) is 40.4 Å². The van der Waals surface area contributed by atoms with Gasteiger partial charge in [0.25, 0.3) is 5.56 Å². The fraction of sp³-hybridized carbons (Fsp3) is 0.208. The van der Waals surface area contributed by atoms with Crippen molar-refractivity contribution in [2.45, 2.75) is 31.9 Å². The highest BCUT2D eigenvalue weighted by Gasteiger charge is 2.30. The number of H-pyrrole nitrogens is 1. The Morgan fingerprint density at radius 2 is 2.03 bits per heavy atom. The Hall–Kier alpha value is -3.64. The average Bonchev–Trinajstić information content (AvgIpc) is 3.41. The third-order valence-electron chi connectivity index (χ3n) is 5.59. The molecule has 0 aliphatic heterocycles. The number of benzene rings is 1. The summed E-state index contributed by atoms with van der Waals surface area (Å²) in [5, 5.41) is 10.3. The zero-order valence-electron chi connectivity index (χ0n) is 17.1. The summed E-state index contributed by atoms with van der Waals surface area (Å²) in [5.74, 6) is 0.616. The van der Waals surface area contributed by atoms with Crippen molar-refractivity contribution in [2.24, 2.45) is 0 Å². The maximum Gasteiger partial charge on any atom is 0.416 e. The smallest absolute Gasteiger partial charge is 0.416 e. The number of fused-ring (bicyclic) bond motifs is 3. The molecule has 0 spiro atoms. The van der Waals surface area contributed by atoms with Crippen molar-refractivity contribution in [1.29, 1.82) is 5.26 Å². The molecule has 0 amide bonds. The summed E-state index contributed by atoms with van der Waals surface area (Å²) >= 11 is 1.48. The van der Waals surface area contributed by atoms with Gasteiger partial charge in [0.2, 0.25) is 0 Å². The highest BCUT2D eigenvalue weighted by Crippen LogP contribution is 2.35. The standard InChI is InChI=1S/C24H16F3N3O2S/c25-24(26,27)15-5-3-4-13(10-15)18-9-8-16(32-18)11-14(12-28)21-29-22(31)20-17-6-1-2-7-19(17)33-23(20)30-21/h3-5,8-11H,1-2,6-7H2,(H,29,30,31). The van der Waals surface area contributed by atoms with Crippen LogP contribution in [-0.4, -0.2) is 9.97 Å². The molecule has 0 bridgehead atoms. The summed E-state index contributed by atoms with van der Waals surface area (Å²) in [6, 6.07) is 9.91. The topological polar surface area (TPSA) is 82.7 Å². The van der Waals surface area contributed by atoms with E-state index in [0.29, 0.717) is 10.2 Å². The van der Waals surface area contributed by atoms with Gasteiger partial charge in [-0.2, -0.15) is 18.4 Å². The van der Waals surface area contributed by atoms with Crippen molar-refractivity contribution in [2.75, 3.05) is 0 Å². The second kappa shape index (κ2) is 8.05. The van der Waals surface area contributed by atoms with E-state index in [0.717, 1.165) is 43.4 Å². The fourth-order valence-corrected chi connectivity index (χ4v) is 5.28. The van der Waals surface area contributed by atoms with Crippen LogP contribution in [0.4, 0.5) is 13.2 Å². The van der Waals surface area contributed by atoms with Crippen LogP contribution in [0.2, 0.25) is 0 Å². The number of allylic oxidation sites excluding steroid dienone is 1. The van der Waals surface area contributed by atoms with E-state index in [4.69, 9.17) is 4.42 Å². The number of aryl methyl sites for hydroxylation is 2. The summed E-state index contributed by atoms with van der Waals surface area (Å²) in [7, 11) is 0. The number of nitrogens with one attached hydrogen (secondary N) is 1. The normalized spacial score (nSPS) is 14.3. The number of thiophene rings is 1. The molecule has 1 aliphatic rings. The molecule has 0 saturated heterocycles. The van der Waals surface area contributed by atoms with Gasteiger partial charge in [0.1, 0.15) is 22.4 Å².